The molecule has 0 radical (unpaired) electrons. The number of alkyl halides is 3. The van der Waals surface area contributed by atoms with E-state index in [9.17, 15) is 13.2 Å². The summed E-state index contributed by atoms with van der Waals surface area (Å²) in [5.74, 6) is -0.314. The number of halogens is 3. The summed E-state index contributed by atoms with van der Waals surface area (Å²) in [5, 5.41) is 0. The SMILES string of the molecule is CCn1ccnc1CC1(N)CCC(C(F)(F)F)CC1. The van der Waals surface area contributed by atoms with E-state index in [-0.39, 0.29) is 12.8 Å². The van der Waals surface area contributed by atoms with Crippen LogP contribution in [0.15, 0.2) is 12.4 Å². The summed E-state index contributed by atoms with van der Waals surface area (Å²) in [6.07, 6.45) is 1.15. The Morgan fingerprint density at radius 2 is 2.05 bits per heavy atom. The van der Waals surface area contributed by atoms with Crippen LogP contribution >= 0.6 is 0 Å². The largest absolute Gasteiger partial charge is 0.391 e. The minimum atomic E-state index is -4.08. The minimum Gasteiger partial charge on any atom is -0.335 e. The van der Waals surface area contributed by atoms with Crippen molar-refractivity contribution in [2.24, 2.45) is 11.7 Å². The maximum Gasteiger partial charge on any atom is 0.391 e. The average molecular weight is 275 g/mol. The van der Waals surface area contributed by atoms with Crippen molar-refractivity contribution in [2.45, 2.75) is 57.3 Å². The van der Waals surface area contributed by atoms with Crippen molar-refractivity contribution in [2.75, 3.05) is 0 Å². The van der Waals surface area contributed by atoms with Crippen LogP contribution in [0.3, 0.4) is 0 Å². The second-order valence-corrected chi connectivity index (χ2v) is 5.48. The van der Waals surface area contributed by atoms with Crippen LogP contribution in [-0.2, 0) is 13.0 Å². The minimum absolute atomic E-state index is 0.132. The maximum absolute atomic E-state index is 12.6. The average Bonchev–Trinajstić information content (AvgIpc) is 2.75. The molecule has 0 amide bonds. The lowest BCUT2D eigenvalue weighted by Crippen LogP contribution is -2.47. The van der Waals surface area contributed by atoms with Crippen molar-refractivity contribution in [3.8, 4) is 0 Å². The fourth-order valence-corrected chi connectivity index (χ4v) is 2.81. The maximum atomic E-state index is 12.6. The van der Waals surface area contributed by atoms with E-state index in [0.29, 0.717) is 19.3 Å². The fraction of sp³-hybridized carbons (Fsp3) is 0.769. The van der Waals surface area contributed by atoms with Crippen LogP contribution in [0.5, 0.6) is 0 Å². The Bertz CT molecular complexity index is 417. The fourth-order valence-electron chi connectivity index (χ4n) is 2.81. The first kappa shape index (κ1) is 14.4. The van der Waals surface area contributed by atoms with Crippen LogP contribution < -0.4 is 5.73 Å². The number of rotatable bonds is 3. The monoisotopic (exact) mass is 275 g/mol. The zero-order chi connectivity index (χ0) is 14.1. The number of nitrogens with zero attached hydrogens (tertiary/aromatic N) is 2. The third-order valence-electron chi connectivity index (χ3n) is 4.10. The first-order valence-corrected chi connectivity index (χ1v) is 6.70. The molecule has 1 aliphatic carbocycles. The molecule has 0 bridgehead atoms. The predicted molar refractivity (Wildman–Crippen MR) is 66.5 cm³/mol. The van der Waals surface area contributed by atoms with Crippen molar-refractivity contribution in [3.63, 3.8) is 0 Å². The second-order valence-electron chi connectivity index (χ2n) is 5.48. The quantitative estimate of drug-likeness (QED) is 0.921. The Balaban J connectivity index is 1.99. The molecule has 1 fully saturated rings. The Labute approximate surface area is 111 Å². The standard InChI is InChI=1S/C13H20F3N3/c1-2-19-8-7-18-11(19)9-12(17)5-3-10(4-6-12)13(14,15)16/h7-8,10H,2-6,9,17H2,1H3. The van der Waals surface area contributed by atoms with Crippen LogP contribution in [0, 0.1) is 5.92 Å². The third kappa shape index (κ3) is 3.29. The first-order chi connectivity index (χ1) is 8.84. The van der Waals surface area contributed by atoms with Gasteiger partial charge in [-0.25, -0.2) is 4.98 Å². The molecule has 1 aliphatic rings. The molecule has 1 aromatic heterocycles. The molecule has 0 spiro atoms. The number of hydrogen-bond acceptors (Lipinski definition) is 2. The van der Waals surface area contributed by atoms with E-state index in [4.69, 9.17) is 5.73 Å². The topological polar surface area (TPSA) is 43.8 Å². The van der Waals surface area contributed by atoms with Gasteiger partial charge in [-0.1, -0.05) is 0 Å². The van der Waals surface area contributed by atoms with Crippen molar-refractivity contribution < 1.29 is 13.2 Å². The van der Waals surface area contributed by atoms with Gasteiger partial charge in [0.25, 0.3) is 0 Å². The smallest absolute Gasteiger partial charge is 0.335 e. The Morgan fingerprint density at radius 3 is 2.58 bits per heavy atom. The lowest BCUT2D eigenvalue weighted by molar-refractivity contribution is -0.184. The zero-order valence-electron chi connectivity index (χ0n) is 11.1. The molecule has 1 aromatic rings. The van der Waals surface area contributed by atoms with E-state index in [1.807, 2.05) is 17.7 Å². The van der Waals surface area contributed by atoms with Gasteiger partial charge in [-0.15, -0.1) is 0 Å². The van der Waals surface area contributed by atoms with E-state index in [0.717, 1.165) is 12.4 Å². The summed E-state index contributed by atoms with van der Waals surface area (Å²) in [5.41, 5.74) is 5.72. The molecule has 6 heteroatoms. The van der Waals surface area contributed by atoms with Gasteiger partial charge in [0.2, 0.25) is 0 Å². The highest BCUT2D eigenvalue weighted by atomic mass is 19.4. The Morgan fingerprint density at radius 1 is 1.42 bits per heavy atom. The van der Waals surface area contributed by atoms with E-state index < -0.39 is 17.6 Å². The molecule has 108 valence electrons. The summed E-state index contributed by atoms with van der Waals surface area (Å²) in [6, 6.07) is 0. The van der Waals surface area contributed by atoms with E-state index >= 15 is 0 Å². The number of nitrogens with two attached hydrogens (primary N) is 1. The molecule has 0 saturated heterocycles. The molecule has 0 aromatic carbocycles. The molecule has 3 nitrogen and oxygen atoms in total. The molecular weight excluding hydrogens is 255 g/mol. The molecule has 1 heterocycles. The van der Waals surface area contributed by atoms with E-state index in [1.165, 1.54) is 0 Å². The van der Waals surface area contributed by atoms with Crippen LogP contribution in [0.2, 0.25) is 0 Å². The molecular formula is C13H20F3N3. The molecule has 2 N–H and O–H groups in total. The van der Waals surface area contributed by atoms with Gasteiger partial charge in [0, 0.05) is 30.9 Å². The van der Waals surface area contributed by atoms with Crippen LogP contribution in [0.1, 0.15) is 38.4 Å². The molecule has 19 heavy (non-hydrogen) atoms. The van der Waals surface area contributed by atoms with Gasteiger partial charge >= 0.3 is 6.18 Å². The molecule has 0 atom stereocenters. The number of imidazole rings is 1. The molecule has 0 unspecified atom stereocenters. The van der Waals surface area contributed by atoms with Crippen molar-refractivity contribution in [3.05, 3.63) is 18.2 Å². The summed E-state index contributed by atoms with van der Waals surface area (Å²) in [6.45, 7) is 2.81. The summed E-state index contributed by atoms with van der Waals surface area (Å²) in [7, 11) is 0. The molecule has 0 aliphatic heterocycles. The highest BCUT2D eigenvalue weighted by Gasteiger charge is 2.44. The van der Waals surface area contributed by atoms with E-state index in [1.54, 1.807) is 6.20 Å². The van der Waals surface area contributed by atoms with Crippen molar-refractivity contribution >= 4 is 0 Å². The summed E-state index contributed by atoms with van der Waals surface area (Å²) >= 11 is 0. The van der Waals surface area contributed by atoms with Crippen LogP contribution in [0.4, 0.5) is 13.2 Å². The summed E-state index contributed by atoms with van der Waals surface area (Å²) < 4.78 is 39.9. The van der Waals surface area contributed by atoms with Crippen LogP contribution in [0.25, 0.3) is 0 Å². The van der Waals surface area contributed by atoms with Gasteiger partial charge in [-0.3, -0.25) is 0 Å². The van der Waals surface area contributed by atoms with Gasteiger partial charge in [-0.05, 0) is 32.6 Å². The number of hydrogen-bond donors (Lipinski definition) is 1. The normalized spacial score (nSPS) is 28.6. The Kier molecular flexibility index (Phi) is 3.90. The first-order valence-electron chi connectivity index (χ1n) is 6.70. The number of aryl methyl sites for hydroxylation is 1. The predicted octanol–water partition coefficient (Wildman–Crippen LogP) is 2.90. The third-order valence-corrected chi connectivity index (χ3v) is 4.10. The van der Waals surface area contributed by atoms with Gasteiger partial charge in [0.1, 0.15) is 5.82 Å². The number of aromatic nitrogens is 2. The van der Waals surface area contributed by atoms with Gasteiger partial charge < -0.3 is 10.3 Å². The molecule has 2 rings (SSSR count). The van der Waals surface area contributed by atoms with Gasteiger partial charge in [0.05, 0.1) is 5.92 Å². The molecule has 1 saturated carbocycles. The Hall–Kier alpha value is -1.04. The van der Waals surface area contributed by atoms with E-state index in [2.05, 4.69) is 4.98 Å². The summed E-state index contributed by atoms with van der Waals surface area (Å²) in [4.78, 5) is 4.25. The van der Waals surface area contributed by atoms with Gasteiger partial charge in [0.15, 0.2) is 0 Å². The highest BCUT2D eigenvalue weighted by Crippen LogP contribution is 2.41. The second kappa shape index (κ2) is 5.15. The van der Waals surface area contributed by atoms with Crippen molar-refractivity contribution in [1.29, 1.82) is 0 Å². The lowest BCUT2D eigenvalue weighted by atomic mass is 9.75. The van der Waals surface area contributed by atoms with Crippen LogP contribution in [-0.4, -0.2) is 21.3 Å². The van der Waals surface area contributed by atoms with Crippen molar-refractivity contribution in [1.82, 2.24) is 9.55 Å². The lowest BCUT2D eigenvalue weighted by Gasteiger charge is -2.37. The van der Waals surface area contributed by atoms with Gasteiger partial charge in [-0.2, -0.15) is 13.2 Å². The highest BCUT2D eigenvalue weighted by molar-refractivity contribution is 5.03. The zero-order valence-corrected chi connectivity index (χ0v) is 11.1.